The van der Waals surface area contributed by atoms with Gasteiger partial charge in [-0.05, 0) is 42.9 Å². The maximum absolute atomic E-state index is 12.8. The monoisotopic (exact) mass is 474 g/mol. The number of fused-ring (bicyclic) bond motifs is 5. The van der Waals surface area contributed by atoms with Crippen molar-refractivity contribution in [2.45, 2.75) is 13.3 Å². The number of para-hydroxylation sites is 1. The van der Waals surface area contributed by atoms with Crippen LogP contribution in [-0.4, -0.2) is 40.5 Å². The van der Waals surface area contributed by atoms with Crippen molar-refractivity contribution in [3.05, 3.63) is 75.9 Å². The lowest BCUT2D eigenvalue weighted by Gasteiger charge is -2.13. The van der Waals surface area contributed by atoms with Crippen LogP contribution in [-0.2, 0) is 14.4 Å². The molecule has 5 rings (SSSR count). The van der Waals surface area contributed by atoms with Crippen molar-refractivity contribution in [2.75, 3.05) is 11.9 Å². The summed E-state index contributed by atoms with van der Waals surface area (Å²) in [5.74, 6) is -1.70. The maximum atomic E-state index is 12.8. The fourth-order valence-electron chi connectivity index (χ4n) is 5.04. The molecule has 0 radical (unpaired) electrons. The number of carbonyl (C=O) groups is 3. The number of nitrogens with zero attached hydrogens (tertiary/aromatic N) is 3. The van der Waals surface area contributed by atoms with E-state index in [1.807, 2.05) is 31.2 Å². The first-order valence-corrected chi connectivity index (χ1v) is 11.2. The van der Waals surface area contributed by atoms with Crippen LogP contribution in [0.1, 0.15) is 17.5 Å². The summed E-state index contributed by atoms with van der Waals surface area (Å²) in [7, 11) is 0. The molecule has 178 valence electrons. The van der Waals surface area contributed by atoms with Gasteiger partial charge in [0.05, 0.1) is 23.0 Å². The number of rotatable bonds is 7. The number of imide groups is 1. The Balaban J connectivity index is 1.33. The first-order valence-electron chi connectivity index (χ1n) is 11.2. The van der Waals surface area contributed by atoms with Gasteiger partial charge in [0.15, 0.2) is 6.61 Å². The van der Waals surface area contributed by atoms with E-state index in [0.717, 1.165) is 17.0 Å². The average Bonchev–Trinajstić information content (AvgIpc) is 3.52. The molecule has 1 aliphatic heterocycles. The van der Waals surface area contributed by atoms with Crippen molar-refractivity contribution in [3.8, 4) is 5.75 Å². The van der Waals surface area contributed by atoms with E-state index in [2.05, 4.69) is 10.4 Å². The summed E-state index contributed by atoms with van der Waals surface area (Å²) < 4.78 is 5.61. The van der Waals surface area contributed by atoms with Crippen molar-refractivity contribution in [2.24, 2.45) is 28.8 Å². The first-order chi connectivity index (χ1) is 16.8. The molecule has 0 spiro atoms. The van der Waals surface area contributed by atoms with Crippen molar-refractivity contribution >= 4 is 35.3 Å². The summed E-state index contributed by atoms with van der Waals surface area (Å²) in [5.41, 5.74) is 1.48. The highest BCUT2D eigenvalue weighted by Gasteiger charge is 2.59. The van der Waals surface area contributed by atoms with Crippen LogP contribution in [0.4, 0.5) is 11.4 Å². The highest BCUT2D eigenvalue weighted by atomic mass is 16.6. The fourth-order valence-corrected chi connectivity index (χ4v) is 5.04. The van der Waals surface area contributed by atoms with Crippen LogP contribution < -0.4 is 10.1 Å². The zero-order valence-corrected chi connectivity index (χ0v) is 18.8. The normalized spacial score (nSPS) is 24.3. The number of nitro groups is 1. The summed E-state index contributed by atoms with van der Waals surface area (Å²) in [5, 5.41) is 19.0. The van der Waals surface area contributed by atoms with Crippen molar-refractivity contribution in [1.29, 1.82) is 0 Å². The quantitative estimate of drug-likeness (QED) is 0.216. The summed E-state index contributed by atoms with van der Waals surface area (Å²) in [4.78, 5) is 48.8. The smallest absolute Gasteiger partial charge is 0.270 e. The van der Waals surface area contributed by atoms with E-state index >= 15 is 0 Å². The van der Waals surface area contributed by atoms with Crippen LogP contribution in [0.25, 0.3) is 0 Å². The topological polar surface area (TPSA) is 131 Å². The Hall–Kier alpha value is -4.34. The van der Waals surface area contributed by atoms with E-state index in [1.54, 1.807) is 12.1 Å². The number of nitrogens with one attached hydrogen (secondary N) is 1. The van der Waals surface area contributed by atoms with E-state index in [-0.39, 0.29) is 47.3 Å². The van der Waals surface area contributed by atoms with Crippen LogP contribution in [0, 0.1) is 40.7 Å². The Bertz CT molecular complexity index is 1270. The molecule has 2 bridgehead atoms. The number of ether oxygens (including phenoxy) is 1. The number of aryl methyl sites for hydroxylation is 1. The Kier molecular flexibility index (Phi) is 5.64. The van der Waals surface area contributed by atoms with Crippen LogP contribution in [0.15, 0.2) is 59.7 Å². The average molecular weight is 474 g/mol. The molecular formula is C25H22N4O6. The zero-order chi connectivity index (χ0) is 24.7. The molecule has 2 aliphatic carbocycles. The SMILES string of the molecule is Cc1ccccc1NC(=O)COc1ccc([N+](=O)[O-])cc1C=NN1C(=O)C2C3C=CC(C3)C2C1=O. The molecule has 1 saturated heterocycles. The molecule has 1 N–H and O–H groups in total. The molecule has 10 heteroatoms. The third-order valence-electron chi connectivity index (χ3n) is 6.74. The Morgan fingerprint density at radius 2 is 1.86 bits per heavy atom. The van der Waals surface area contributed by atoms with Gasteiger partial charge in [-0.2, -0.15) is 10.1 Å². The van der Waals surface area contributed by atoms with E-state index in [4.69, 9.17) is 4.74 Å². The minimum Gasteiger partial charge on any atom is -0.483 e. The molecular weight excluding hydrogens is 452 g/mol. The number of anilines is 1. The number of hydrazone groups is 1. The molecule has 2 aromatic carbocycles. The second kappa shape index (κ2) is 8.79. The molecule has 4 unspecified atom stereocenters. The second-order valence-electron chi connectivity index (χ2n) is 8.86. The molecule has 4 atom stereocenters. The molecule has 2 fully saturated rings. The lowest BCUT2D eigenvalue weighted by molar-refractivity contribution is -0.384. The third kappa shape index (κ3) is 4.07. The predicted molar refractivity (Wildman–Crippen MR) is 126 cm³/mol. The molecule has 3 aliphatic rings. The van der Waals surface area contributed by atoms with Gasteiger partial charge in [-0.1, -0.05) is 30.4 Å². The summed E-state index contributed by atoms with van der Waals surface area (Å²) in [6.45, 7) is 1.51. The van der Waals surface area contributed by atoms with Gasteiger partial charge in [-0.25, -0.2) is 0 Å². The minimum atomic E-state index is -0.577. The molecule has 3 amide bonds. The van der Waals surface area contributed by atoms with E-state index in [0.29, 0.717) is 5.69 Å². The van der Waals surface area contributed by atoms with Gasteiger partial charge in [-0.3, -0.25) is 24.5 Å². The van der Waals surface area contributed by atoms with E-state index < -0.39 is 22.7 Å². The van der Waals surface area contributed by atoms with Crippen LogP contribution in [0.2, 0.25) is 0 Å². The molecule has 0 aromatic heterocycles. The molecule has 2 aromatic rings. The lowest BCUT2D eigenvalue weighted by Crippen LogP contribution is -2.28. The molecule has 1 heterocycles. The highest BCUT2D eigenvalue weighted by molar-refractivity contribution is 6.07. The number of nitro benzene ring substituents is 1. The summed E-state index contributed by atoms with van der Waals surface area (Å²) in [6.07, 6.45) is 5.96. The Morgan fingerprint density at radius 1 is 1.17 bits per heavy atom. The van der Waals surface area contributed by atoms with Crippen molar-refractivity contribution < 1.29 is 24.0 Å². The fraction of sp³-hybridized carbons (Fsp3) is 0.280. The standard InChI is InChI=1S/C25H22N4O6/c1-14-4-2-3-5-19(14)27-21(30)13-35-20-9-8-18(29(33)34)11-17(20)12-26-28-24(31)22-15-6-7-16(10-15)23(22)25(28)32/h2-9,11-12,15-16,22-23H,10,13H2,1H3,(H,27,30). The van der Waals surface area contributed by atoms with Gasteiger partial charge in [0, 0.05) is 23.4 Å². The highest BCUT2D eigenvalue weighted by Crippen LogP contribution is 2.52. The summed E-state index contributed by atoms with van der Waals surface area (Å²) in [6, 6.07) is 11.1. The Labute approximate surface area is 200 Å². The van der Waals surface area contributed by atoms with Crippen LogP contribution >= 0.6 is 0 Å². The minimum absolute atomic E-state index is 0.0464. The number of non-ortho nitro benzene ring substituents is 1. The van der Waals surface area contributed by atoms with Gasteiger partial charge in [0.25, 0.3) is 23.4 Å². The third-order valence-corrected chi connectivity index (χ3v) is 6.74. The van der Waals surface area contributed by atoms with Gasteiger partial charge in [0.2, 0.25) is 0 Å². The maximum Gasteiger partial charge on any atom is 0.270 e. The lowest BCUT2D eigenvalue weighted by atomic mass is 9.85. The van der Waals surface area contributed by atoms with Gasteiger partial charge >= 0.3 is 0 Å². The first kappa shape index (κ1) is 22.5. The van der Waals surface area contributed by atoms with Crippen molar-refractivity contribution in [3.63, 3.8) is 0 Å². The number of allylic oxidation sites excluding steroid dienone is 2. The zero-order valence-electron chi connectivity index (χ0n) is 18.8. The molecule has 1 saturated carbocycles. The van der Waals surface area contributed by atoms with Gasteiger partial charge in [0.1, 0.15) is 5.75 Å². The number of benzene rings is 2. The van der Waals surface area contributed by atoms with Crippen LogP contribution in [0.5, 0.6) is 5.75 Å². The van der Waals surface area contributed by atoms with Gasteiger partial charge in [-0.15, -0.1) is 0 Å². The number of hydrogen-bond acceptors (Lipinski definition) is 7. The van der Waals surface area contributed by atoms with E-state index in [9.17, 15) is 24.5 Å². The number of amides is 3. The van der Waals surface area contributed by atoms with Crippen molar-refractivity contribution in [1.82, 2.24) is 5.01 Å². The number of carbonyl (C=O) groups excluding carboxylic acids is 3. The largest absolute Gasteiger partial charge is 0.483 e. The van der Waals surface area contributed by atoms with Crippen LogP contribution in [0.3, 0.4) is 0 Å². The number of hydrogen-bond donors (Lipinski definition) is 1. The predicted octanol–water partition coefficient (Wildman–Crippen LogP) is 3.06. The summed E-state index contributed by atoms with van der Waals surface area (Å²) >= 11 is 0. The van der Waals surface area contributed by atoms with E-state index in [1.165, 1.54) is 24.4 Å². The molecule has 35 heavy (non-hydrogen) atoms. The van der Waals surface area contributed by atoms with Gasteiger partial charge < -0.3 is 10.1 Å². The second-order valence-corrected chi connectivity index (χ2v) is 8.86. The molecule has 10 nitrogen and oxygen atoms in total. The Morgan fingerprint density at radius 3 is 2.51 bits per heavy atom.